The van der Waals surface area contributed by atoms with Crippen molar-refractivity contribution >= 4 is 28.2 Å². The van der Waals surface area contributed by atoms with Gasteiger partial charge in [0.25, 0.3) is 0 Å². The Morgan fingerprint density at radius 2 is 1.95 bits per heavy atom. The summed E-state index contributed by atoms with van der Waals surface area (Å²) < 4.78 is 26.3. The lowest BCUT2D eigenvalue weighted by atomic mass is 10.1. The lowest BCUT2D eigenvalue weighted by Crippen LogP contribution is -2.01. The third kappa shape index (κ3) is 2.47. The van der Waals surface area contributed by atoms with Crippen molar-refractivity contribution in [2.75, 3.05) is 5.32 Å². The molecule has 0 aliphatic rings. The van der Waals surface area contributed by atoms with Gasteiger partial charge in [-0.15, -0.1) is 0 Å². The lowest BCUT2D eigenvalue weighted by molar-refractivity contribution is 0.585. The molecule has 0 bridgehead atoms. The average Bonchev–Trinajstić information content (AvgIpc) is 2.80. The van der Waals surface area contributed by atoms with Crippen LogP contribution in [-0.2, 0) is 6.54 Å². The van der Waals surface area contributed by atoms with Crippen LogP contribution in [0.1, 0.15) is 5.56 Å². The molecule has 0 aliphatic heterocycles. The molecular formula is C15H11ClF2N2. The third-order valence-corrected chi connectivity index (χ3v) is 3.36. The number of benzene rings is 2. The molecule has 0 unspecified atom stereocenters. The van der Waals surface area contributed by atoms with E-state index < -0.39 is 11.6 Å². The van der Waals surface area contributed by atoms with Crippen LogP contribution in [0.4, 0.5) is 14.5 Å². The van der Waals surface area contributed by atoms with Gasteiger partial charge in [-0.3, -0.25) is 0 Å². The van der Waals surface area contributed by atoms with Crippen LogP contribution in [0.25, 0.3) is 10.9 Å². The summed E-state index contributed by atoms with van der Waals surface area (Å²) in [5.41, 5.74) is 2.18. The van der Waals surface area contributed by atoms with E-state index in [0.717, 1.165) is 22.5 Å². The number of rotatable bonds is 3. The van der Waals surface area contributed by atoms with E-state index in [1.54, 1.807) is 6.07 Å². The van der Waals surface area contributed by atoms with Gasteiger partial charge in [-0.25, -0.2) is 8.78 Å². The summed E-state index contributed by atoms with van der Waals surface area (Å²) in [6.45, 7) is 0.435. The zero-order valence-corrected chi connectivity index (χ0v) is 11.1. The van der Waals surface area contributed by atoms with Crippen LogP contribution in [0.2, 0.25) is 5.02 Å². The molecule has 0 radical (unpaired) electrons. The number of hydrogen-bond donors (Lipinski definition) is 2. The summed E-state index contributed by atoms with van der Waals surface area (Å²) >= 11 is 5.92. The van der Waals surface area contributed by atoms with Crippen molar-refractivity contribution < 1.29 is 8.78 Å². The molecule has 0 spiro atoms. The van der Waals surface area contributed by atoms with Gasteiger partial charge in [-0.1, -0.05) is 17.7 Å². The highest BCUT2D eigenvalue weighted by Crippen LogP contribution is 2.23. The van der Waals surface area contributed by atoms with Gasteiger partial charge in [0.2, 0.25) is 0 Å². The summed E-state index contributed by atoms with van der Waals surface area (Å²) in [5.74, 6) is -1.19. The molecule has 0 fully saturated rings. The first-order valence-electron chi connectivity index (χ1n) is 6.08. The van der Waals surface area contributed by atoms with E-state index in [9.17, 15) is 8.78 Å². The van der Waals surface area contributed by atoms with Gasteiger partial charge in [-0.05, 0) is 29.8 Å². The van der Waals surface area contributed by atoms with E-state index in [1.165, 1.54) is 12.1 Å². The van der Waals surface area contributed by atoms with Crippen molar-refractivity contribution in [1.82, 2.24) is 4.98 Å². The molecule has 1 heterocycles. The Balaban J connectivity index is 1.83. The molecule has 3 rings (SSSR count). The Labute approximate surface area is 119 Å². The molecule has 0 aliphatic carbocycles. The predicted molar refractivity (Wildman–Crippen MR) is 77.0 cm³/mol. The molecule has 0 atom stereocenters. The maximum atomic E-state index is 13.5. The molecule has 0 amide bonds. The number of hydrogen-bond acceptors (Lipinski definition) is 1. The number of H-pyrrole nitrogens is 1. The highest BCUT2D eigenvalue weighted by atomic mass is 35.5. The van der Waals surface area contributed by atoms with Gasteiger partial charge in [0.05, 0.1) is 5.69 Å². The van der Waals surface area contributed by atoms with Crippen molar-refractivity contribution in [3.8, 4) is 0 Å². The van der Waals surface area contributed by atoms with E-state index in [1.807, 2.05) is 18.3 Å². The van der Waals surface area contributed by atoms with E-state index >= 15 is 0 Å². The molecule has 2 aromatic carbocycles. The molecule has 0 saturated heterocycles. The molecule has 20 heavy (non-hydrogen) atoms. The first-order chi connectivity index (χ1) is 9.63. The molecule has 0 saturated carbocycles. The van der Waals surface area contributed by atoms with Crippen molar-refractivity contribution in [3.05, 3.63) is 64.8 Å². The standard InChI is InChI=1S/C15H11ClF2N2/c16-10-1-3-12-9(8-20-15(12)5-10)7-19-14-4-2-11(17)6-13(14)18/h1-6,8,19-20H,7H2. The Bertz CT molecular complexity index is 768. The second-order valence-corrected chi connectivity index (χ2v) is 4.92. The van der Waals surface area contributed by atoms with E-state index in [-0.39, 0.29) is 5.69 Å². The fraction of sp³-hybridized carbons (Fsp3) is 0.0667. The minimum atomic E-state index is -0.604. The maximum absolute atomic E-state index is 13.5. The zero-order valence-electron chi connectivity index (χ0n) is 10.4. The predicted octanol–water partition coefficient (Wildman–Crippen LogP) is 4.71. The summed E-state index contributed by atoms with van der Waals surface area (Å²) in [4.78, 5) is 3.11. The van der Waals surface area contributed by atoms with Crippen molar-refractivity contribution in [2.24, 2.45) is 0 Å². The van der Waals surface area contributed by atoms with Gasteiger partial charge >= 0.3 is 0 Å². The fourth-order valence-electron chi connectivity index (χ4n) is 2.13. The van der Waals surface area contributed by atoms with Crippen LogP contribution < -0.4 is 5.32 Å². The van der Waals surface area contributed by atoms with Crippen molar-refractivity contribution in [2.45, 2.75) is 6.54 Å². The maximum Gasteiger partial charge on any atom is 0.149 e. The first kappa shape index (κ1) is 12.9. The van der Waals surface area contributed by atoms with Gasteiger partial charge in [0.15, 0.2) is 0 Å². The Hall–Kier alpha value is -2.07. The van der Waals surface area contributed by atoms with Crippen LogP contribution in [-0.4, -0.2) is 4.98 Å². The summed E-state index contributed by atoms with van der Waals surface area (Å²) in [6.07, 6.45) is 1.84. The lowest BCUT2D eigenvalue weighted by Gasteiger charge is -2.07. The number of anilines is 1. The zero-order chi connectivity index (χ0) is 14.1. The van der Waals surface area contributed by atoms with E-state index in [0.29, 0.717) is 11.6 Å². The van der Waals surface area contributed by atoms with Gasteiger partial charge < -0.3 is 10.3 Å². The Morgan fingerprint density at radius 3 is 2.75 bits per heavy atom. The normalized spacial score (nSPS) is 10.9. The number of fused-ring (bicyclic) bond motifs is 1. The minimum Gasteiger partial charge on any atom is -0.379 e. The number of aromatic nitrogens is 1. The number of nitrogens with one attached hydrogen (secondary N) is 2. The summed E-state index contributed by atoms with van der Waals surface area (Å²) in [5, 5.41) is 4.63. The second-order valence-electron chi connectivity index (χ2n) is 4.48. The SMILES string of the molecule is Fc1ccc(NCc2c[nH]c3cc(Cl)ccc23)c(F)c1. The third-order valence-electron chi connectivity index (χ3n) is 3.13. The fourth-order valence-corrected chi connectivity index (χ4v) is 2.30. The van der Waals surface area contributed by atoms with E-state index in [4.69, 9.17) is 11.6 Å². The van der Waals surface area contributed by atoms with Crippen LogP contribution >= 0.6 is 11.6 Å². The van der Waals surface area contributed by atoms with Gasteiger partial charge in [0.1, 0.15) is 11.6 Å². The van der Waals surface area contributed by atoms with Crippen LogP contribution in [0.5, 0.6) is 0 Å². The Kier molecular flexibility index (Phi) is 3.32. The largest absolute Gasteiger partial charge is 0.379 e. The highest BCUT2D eigenvalue weighted by molar-refractivity contribution is 6.31. The number of halogens is 3. The molecule has 3 aromatic rings. The number of aromatic amines is 1. The molecule has 102 valence electrons. The quantitative estimate of drug-likeness (QED) is 0.719. The minimum absolute atomic E-state index is 0.273. The monoisotopic (exact) mass is 292 g/mol. The summed E-state index contributed by atoms with van der Waals surface area (Å²) in [7, 11) is 0. The Morgan fingerprint density at radius 1 is 1.10 bits per heavy atom. The average molecular weight is 293 g/mol. The van der Waals surface area contributed by atoms with Crippen LogP contribution in [0, 0.1) is 11.6 Å². The van der Waals surface area contributed by atoms with Gasteiger partial charge in [-0.2, -0.15) is 0 Å². The van der Waals surface area contributed by atoms with Crippen LogP contribution in [0.15, 0.2) is 42.6 Å². The molecule has 5 heteroatoms. The molecular weight excluding hydrogens is 282 g/mol. The smallest absolute Gasteiger partial charge is 0.149 e. The topological polar surface area (TPSA) is 27.8 Å². The molecule has 2 N–H and O–H groups in total. The van der Waals surface area contributed by atoms with Crippen LogP contribution in [0.3, 0.4) is 0 Å². The highest BCUT2D eigenvalue weighted by Gasteiger charge is 2.06. The van der Waals surface area contributed by atoms with E-state index in [2.05, 4.69) is 10.3 Å². The van der Waals surface area contributed by atoms with Gasteiger partial charge in [0, 0.05) is 34.7 Å². The van der Waals surface area contributed by atoms with Crippen molar-refractivity contribution in [3.63, 3.8) is 0 Å². The molecule has 2 nitrogen and oxygen atoms in total. The summed E-state index contributed by atoms with van der Waals surface area (Å²) in [6, 6.07) is 9.01. The van der Waals surface area contributed by atoms with Crippen molar-refractivity contribution in [1.29, 1.82) is 0 Å². The first-order valence-corrected chi connectivity index (χ1v) is 6.46. The second kappa shape index (κ2) is 5.13. The molecule has 1 aromatic heterocycles.